The highest BCUT2D eigenvalue weighted by Crippen LogP contribution is 2.18. The van der Waals surface area contributed by atoms with Gasteiger partial charge in [0.15, 0.2) is 0 Å². The van der Waals surface area contributed by atoms with Crippen molar-refractivity contribution in [2.45, 2.75) is 131 Å². The van der Waals surface area contributed by atoms with Crippen LogP contribution in [0.4, 0.5) is 0 Å². The molecule has 1 saturated heterocycles. The molecule has 57 heavy (non-hydrogen) atoms. The largest absolute Gasteiger partial charge is 1.00 e. The van der Waals surface area contributed by atoms with Crippen LogP contribution in [0.3, 0.4) is 0 Å². The van der Waals surface area contributed by atoms with Crippen molar-refractivity contribution in [3.63, 3.8) is 0 Å². The summed E-state index contributed by atoms with van der Waals surface area (Å²) >= 11 is 0. The molecular formula is C42H70BrN4O10-. The summed E-state index contributed by atoms with van der Waals surface area (Å²) in [5.74, 6) is -2.11. The van der Waals surface area contributed by atoms with Crippen LogP contribution in [0, 0.1) is 0 Å². The van der Waals surface area contributed by atoms with Crippen molar-refractivity contribution in [1.82, 2.24) is 19.6 Å². The number of nitrogens with zero attached hydrogens (tertiary/aromatic N) is 4. The molecule has 326 valence electrons. The third-order valence-corrected chi connectivity index (χ3v) is 8.17. The molecule has 1 aromatic rings. The lowest BCUT2D eigenvalue weighted by Gasteiger charge is -2.37. The number of carbonyl (C=O) groups is 5. The van der Waals surface area contributed by atoms with Gasteiger partial charge in [0.05, 0.1) is 19.6 Å². The van der Waals surface area contributed by atoms with E-state index < -0.39 is 52.3 Å². The van der Waals surface area contributed by atoms with Gasteiger partial charge < -0.3 is 40.7 Å². The van der Waals surface area contributed by atoms with E-state index in [-0.39, 0.29) is 62.0 Å². The van der Waals surface area contributed by atoms with Crippen LogP contribution in [0.2, 0.25) is 0 Å². The molecule has 0 radical (unpaired) electrons. The zero-order valence-corrected chi connectivity index (χ0v) is 38.2. The molecule has 14 nitrogen and oxygen atoms in total. The Morgan fingerprint density at radius 3 is 1.23 bits per heavy atom. The molecule has 15 heteroatoms. The van der Waals surface area contributed by atoms with Crippen LogP contribution in [0.15, 0.2) is 30.3 Å². The first-order valence-corrected chi connectivity index (χ1v) is 19.8. The minimum absolute atomic E-state index is 0. The van der Waals surface area contributed by atoms with Crippen LogP contribution < -0.4 is 17.0 Å². The summed E-state index contributed by atoms with van der Waals surface area (Å²) < 4.78 is 28.5. The van der Waals surface area contributed by atoms with Gasteiger partial charge in [0.1, 0.15) is 35.1 Å². The van der Waals surface area contributed by atoms with Gasteiger partial charge in [0.25, 0.3) is 0 Å². The monoisotopic (exact) mass is 869 g/mol. The fourth-order valence-electron chi connectivity index (χ4n) is 5.89. The van der Waals surface area contributed by atoms with Crippen LogP contribution in [0.25, 0.3) is 0 Å². The Labute approximate surface area is 351 Å². The van der Waals surface area contributed by atoms with Crippen LogP contribution in [0.1, 0.15) is 101 Å². The summed E-state index contributed by atoms with van der Waals surface area (Å²) in [6.45, 7) is 24.7. The zero-order valence-electron chi connectivity index (χ0n) is 36.6. The third-order valence-electron chi connectivity index (χ3n) is 8.17. The predicted octanol–water partition coefficient (Wildman–Crippen LogP) is 1.47. The van der Waals surface area contributed by atoms with E-state index in [1.165, 1.54) is 0 Å². The summed E-state index contributed by atoms with van der Waals surface area (Å²) in [5.41, 5.74) is -1.98. The maximum absolute atomic E-state index is 14.0. The molecule has 1 heterocycles. The highest BCUT2D eigenvalue weighted by atomic mass is 79.9. The molecule has 0 spiro atoms. The molecule has 0 saturated carbocycles. The summed E-state index contributed by atoms with van der Waals surface area (Å²) in [6.07, 6.45) is 0.0977. The SMILES string of the molecule is CC(C)(C)OC(=O)CN1CCN(CC(=O)OC(C)(C)C)CCN(C(CCC(=O)OCc2ccccc2)C(=O)OC(C)(C)C)CCN(CC(=O)OC(C)(C)C)CC1.[Br-]. The molecule has 0 aliphatic carbocycles. The summed E-state index contributed by atoms with van der Waals surface area (Å²) in [7, 11) is 0. The summed E-state index contributed by atoms with van der Waals surface area (Å²) in [4.78, 5) is 74.1. The molecule has 0 amide bonds. The van der Waals surface area contributed by atoms with E-state index in [0.29, 0.717) is 52.4 Å². The number of esters is 5. The van der Waals surface area contributed by atoms with Crippen molar-refractivity contribution in [1.29, 1.82) is 0 Å². The molecule has 2 rings (SSSR count). The topological polar surface area (TPSA) is 144 Å². The highest BCUT2D eigenvalue weighted by molar-refractivity contribution is 5.78. The van der Waals surface area contributed by atoms with Gasteiger partial charge in [-0.25, -0.2) is 0 Å². The second kappa shape index (κ2) is 23.5. The van der Waals surface area contributed by atoms with Gasteiger partial charge in [0, 0.05) is 58.8 Å². The average molecular weight is 871 g/mol. The quantitative estimate of drug-likeness (QED) is 0.209. The molecule has 0 aromatic heterocycles. The Balaban J connectivity index is 0.0000162. The number of hydrogen-bond acceptors (Lipinski definition) is 14. The van der Waals surface area contributed by atoms with Gasteiger partial charge in [-0.3, -0.25) is 43.6 Å². The number of ether oxygens (including phenoxy) is 5. The Bertz CT molecular complexity index is 1370. The minimum Gasteiger partial charge on any atom is -1.00 e. The van der Waals surface area contributed by atoms with Crippen molar-refractivity contribution in [2.75, 3.05) is 72.0 Å². The maximum atomic E-state index is 14.0. The van der Waals surface area contributed by atoms with Crippen LogP contribution >= 0.6 is 0 Å². The van der Waals surface area contributed by atoms with E-state index >= 15 is 0 Å². The first kappa shape index (κ1) is 51.9. The number of rotatable bonds is 13. The van der Waals surface area contributed by atoms with E-state index in [4.69, 9.17) is 23.7 Å². The molecule has 0 bridgehead atoms. The van der Waals surface area contributed by atoms with E-state index in [1.54, 1.807) is 20.8 Å². The standard InChI is InChI=1S/C42H70N4O10.BrH/c1-39(2,3)53-35(48)28-43-20-22-44(29-36(49)54-40(4,5)6)24-26-46(27-25-45(23-21-43)30-37(50)55-41(7,8)9)33(38(51)56-42(10,11)12)18-19-34(47)52-31-32-16-14-13-15-17-32;/h13-17,33H,18-31H2,1-12H3;1H/p-1. The molecule has 1 unspecified atom stereocenters. The summed E-state index contributed by atoms with van der Waals surface area (Å²) in [5, 5.41) is 0. The van der Waals surface area contributed by atoms with Gasteiger partial charge in [-0.15, -0.1) is 0 Å². The van der Waals surface area contributed by atoms with E-state index in [1.807, 2.05) is 112 Å². The Morgan fingerprint density at radius 1 is 0.526 bits per heavy atom. The maximum Gasteiger partial charge on any atom is 0.323 e. The van der Waals surface area contributed by atoms with Crippen LogP contribution in [0.5, 0.6) is 0 Å². The summed E-state index contributed by atoms with van der Waals surface area (Å²) in [6, 6.07) is 8.53. The average Bonchev–Trinajstić information content (AvgIpc) is 3.01. The van der Waals surface area contributed by atoms with Gasteiger partial charge in [-0.1, -0.05) is 30.3 Å². The molecule has 1 fully saturated rings. The number of hydrogen-bond donors (Lipinski definition) is 0. The molecule has 1 atom stereocenters. The molecule has 0 N–H and O–H groups in total. The van der Waals surface area contributed by atoms with Gasteiger partial charge in [-0.05, 0) is 95.1 Å². The lowest BCUT2D eigenvalue weighted by atomic mass is 10.1. The molecule has 1 aliphatic heterocycles. The highest BCUT2D eigenvalue weighted by Gasteiger charge is 2.33. The number of carbonyl (C=O) groups excluding carboxylic acids is 5. The number of benzene rings is 1. The van der Waals surface area contributed by atoms with Crippen molar-refractivity contribution in [3.05, 3.63) is 35.9 Å². The van der Waals surface area contributed by atoms with Gasteiger partial charge in [-0.2, -0.15) is 0 Å². The Morgan fingerprint density at radius 2 is 0.877 bits per heavy atom. The van der Waals surface area contributed by atoms with Crippen LogP contribution in [-0.2, 0) is 54.3 Å². The fourth-order valence-corrected chi connectivity index (χ4v) is 5.89. The van der Waals surface area contributed by atoms with Crippen LogP contribution in [-0.4, -0.2) is 150 Å². The fraction of sp³-hybridized carbons (Fsp3) is 0.738. The lowest BCUT2D eigenvalue weighted by Crippen LogP contribution is -3.00. The third kappa shape index (κ3) is 24.4. The Hall–Kier alpha value is -3.11. The van der Waals surface area contributed by atoms with E-state index in [9.17, 15) is 24.0 Å². The predicted molar refractivity (Wildman–Crippen MR) is 214 cm³/mol. The van der Waals surface area contributed by atoms with Crippen molar-refractivity contribution >= 4 is 29.8 Å². The zero-order chi connectivity index (χ0) is 42.3. The molecule has 1 aromatic carbocycles. The first-order valence-electron chi connectivity index (χ1n) is 19.8. The van der Waals surface area contributed by atoms with E-state index in [0.717, 1.165) is 5.56 Å². The second-order valence-corrected chi connectivity index (χ2v) is 18.4. The van der Waals surface area contributed by atoms with E-state index in [2.05, 4.69) is 0 Å². The lowest BCUT2D eigenvalue weighted by molar-refractivity contribution is -0.163. The Kier molecular flexibility index (Phi) is 21.4. The van der Waals surface area contributed by atoms with Crippen molar-refractivity contribution < 1.29 is 64.6 Å². The van der Waals surface area contributed by atoms with Gasteiger partial charge >= 0.3 is 29.8 Å². The first-order chi connectivity index (χ1) is 25.8. The van der Waals surface area contributed by atoms with Crippen molar-refractivity contribution in [2.24, 2.45) is 0 Å². The normalized spacial score (nSPS) is 16.8. The molecular weight excluding hydrogens is 800 g/mol. The van der Waals surface area contributed by atoms with Crippen molar-refractivity contribution in [3.8, 4) is 0 Å². The number of halogens is 1. The smallest absolute Gasteiger partial charge is 0.323 e. The second-order valence-electron chi connectivity index (χ2n) is 18.4. The minimum atomic E-state index is -0.836. The molecule has 1 aliphatic rings. The van der Waals surface area contributed by atoms with Gasteiger partial charge in [0.2, 0.25) is 0 Å².